The van der Waals surface area contributed by atoms with E-state index in [2.05, 4.69) is 5.32 Å². The number of carbonyl (C=O) groups is 1. The Morgan fingerprint density at radius 2 is 1.95 bits per heavy atom. The summed E-state index contributed by atoms with van der Waals surface area (Å²) in [6, 6.07) is 5.96. The molecule has 0 bridgehead atoms. The van der Waals surface area contributed by atoms with Crippen molar-refractivity contribution >= 4 is 21.6 Å². The normalized spacial score (nSPS) is 22.5. The van der Waals surface area contributed by atoms with Gasteiger partial charge in [0.15, 0.2) is 0 Å². The van der Waals surface area contributed by atoms with Crippen molar-refractivity contribution in [1.82, 2.24) is 4.31 Å². The van der Waals surface area contributed by atoms with Crippen molar-refractivity contribution < 1.29 is 17.9 Å². The van der Waals surface area contributed by atoms with E-state index in [9.17, 15) is 13.2 Å². The molecule has 116 valence electrons. The highest BCUT2D eigenvalue weighted by molar-refractivity contribution is 7.89. The molecule has 1 aliphatic heterocycles. The fourth-order valence-corrected chi connectivity index (χ4v) is 2.84. The second kappa shape index (κ2) is 5.72. The number of anilines is 1. The summed E-state index contributed by atoms with van der Waals surface area (Å²) in [5.74, 6) is -0.330. The van der Waals surface area contributed by atoms with Crippen LogP contribution in [0.5, 0.6) is 0 Å². The molecule has 1 amide bonds. The van der Waals surface area contributed by atoms with Gasteiger partial charge in [0.1, 0.15) is 5.54 Å². The lowest BCUT2D eigenvalue weighted by molar-refractivity contribution is -0.121. The average molecular weight is 313 g/mol. The van der Waals surface area contributed by atoms with Gasteiger partial charge in [-0.2, -0.15) is 0 Å². The second-order valence-electron chi connectivity index (χ2n) is 5.22. The van der Waals surface area contributed by atoms with Gasteiger partial charge in [-0.25, -0.2) is 12.7 Å². The number of nitrogens with two attached hydrogens (primary N) is 1. The first-order chi connectivity index (χ1) is 9.75. The van der Waals surface area contributed by atoms with Crippen molar-refractivity contribution in [2.45, 2.75) is 16.9 Å². The summed E-state index contributed by atoms with van der Waals surface area (Å²) in [7, 11) is -0.551. The Balaban J connectivity index is 2.12. The van der Waals surface area contributed by atoms with E-state index in [1.165, 1.54) is 38.4 Å². The average Bonchev–Trinajstić information content (AvgIpc) is 2.87. The molecule has 1 atom stereocenters. The summed E-state index contributed by atoms with van der Waals surface area (Å²) < 4.78 is 30.1. The van der Waals surface area contributed by atoms with Crippen LogP contribution in [-0.4, -0.2) is 51.5 Å². The van der Waals surface area contributed by atoms with E-state index in [4.69, 9.17) is 10.5 Å². The third-order valence-corrected chi connectivity index (χ3v) is 5.22. The van der Waals surface area contributed by atoms with Crippen LogP contribution < -0.4 is 11.1 Å². The number of sulfonamides is 1. The molecule has 0 saturated carbocycles. The lowest BCUT2D eigenvalue weighted by atomic mass is 9.99. The number of ether oxygens (including phenoxy) is 1. The summed E-state index contributed by atoms with van der Waals surface area (Å²) in [6.45, 7) is 0.649. The zero-order chi connectivity index (χ0) is 15.7. The molecular weight excluding hydrogens is 294 g/mol. The smallest absolute Gasteiger partial charge is 0.246 e. The van der Waals surface area contributed by atoms with E-state index in [-0.39, 0.29) is 17.4 Å². The third-order valence-electron chi connectivity index (χ3n) is 3.40. The fourth-order valence-electron chi connectivity index (χ4n) is 1.94. The van der Waals surface area contributed by atoms with Crippen LogP contribution in [0.25, 0.3) is 0 Å². The van der Waals surface area contributed by atoms with Crippen molar-refractivity contribution in [3.63, 3.8) is 0 Å². The summed E-state index contributed by atoms with van der Waals surface area (Å²) in [5.41, 5.74) is 5.43. The van der Waals surface area contributed by atoms with E-state index in [1.54, 1.807) is 0 Å². The van der Waals surface area contributed by atoms with Crippen LogP contribution in [0.1, 0.15) is 6.42 Å². The highest BCUT2D eigenvalue weighted by atomic mass is 32.2. The molecule has 1 fully saturated rings. The predicted molar refractivity (Wildman–Crippen MR) is 78.3 cm³/mol. The minimum absolute atomic E-state index is 0.164. The molecule has 21 heavy (non-hydrogen) atoms. The molecule has 3 N–H and O–H groups in total. The molecule has 1 unspecified atom stereocenters. The number of rotatable bonds is 4. The minimum atomic E-state index is -3.47. The third kappa shape index (κ3) is 3.24. The maximum absolute atomic E-state index is 12.1. The standard InChI is InChI=1S/C13H19N3O4S/c1-16(2)21(18,19)11-5-3-10(4-6-11)15-12(17)13(14)7-8-20-9-13/h3-6H,7-9,14H2,1-2H3,(H,15,17). The van der Waals surface area contributed by atoms with Gasteiger partial charge in [0.05, 0.1) is 11.5 Å². The Hall–Kier alpha value is -1.48. The van der Waals surface area contributed by atoms with Crippen LogP contribution in [0.2, 0.25) is 0 Å². The first-order valence-corrected chi connectivity index (χ1v) is 7.90. The molecule has 7 nitrogen and oxygen atoms in total. The van der Waals surface area contributed by atoms with Crippen LogP contribution in [0.15, 0.2) is 29.2 Å². The molecule has 0 aliphatic carbocycles. The van der Waals surface area contributed by atoms with Gasteiger partial charge in [0.25, 0.3) is 0 Å². The summed E-state index contributed by atoms with van der Waals surface area (Å²) in [5, 5.41) is 2.68. The number of nitrogens with one attached hydrogen (secondary N) is 1. The number of amides is 1. The predicted octanol–water partition coefficient (Wildman–Crippen LogP) is -0.00680. The highest BCUT2D eigenvalue weighted by Crippen LogP contribution is 2.20. The monoisotopic (exact) mass is 313 g/mol. The van der Waals surface area contributed by atoms with E-state index < -0.39 is 15.6 Å². The molecule has 0 spiro atoms. The van der Waals surface area contributed by atoms with E-state index in [0.29, 0.717) is 18.7 Å². The van der Waals surface area contributed by atoms with Crippen LogP contribution in [0.4, 0.5) is 5.69 Å². The second-order valence-corrected chi connectivity index (χ2v) is 7.38. The van der Waals surface area contributed by atoms with Gasteiger partial charge >= 0.3 is 0 Å². The molecular formula is C13H19N3O4S. The van der Waals surface area contributed by atoms with Crippen molar-refractivity contribution in [1.29, 1.82) is 0 Å². The molecule has 2 rings (SSSR count). The van der Waals surface area contributed by atoms with E-state index >= 15 is 0 Å². The van der Waals surface area contributed by atoms with Gasteiger partial charge in [-0.3, -0.25) is 4.79 Å². The van der Waals surface area contributed by atoms with Crippen LogP contribution in [-0.2, 0) is 19.6 Å². The van der Waals surface area contributed by atoms with E-state index in [1.807, 2.05) is 0 Å². The van der Waals surface area contributed by atoms with Crippen LogP contribution >= 0.6 is 0 Å². The van der Waals surface area contributed by atoms with Crippen LogP contribution in [0.3, 0.4) is 0 Å². The Morgan fingerprint density at radius 1 is 1.33 bits per heavy atom. The van der Waals surface area contributed by atoms with Gasteiger partial charge < -0.3 is 15.8 Å². The SMILES string of the molecule is CN(C)S(=O)(=O)c1ccc(NC(=O)C2(N)CCOC2)cc1. The van der Waals surface area contributed by atoms with Crippen molar-refractivity contribution in [3.05, 3.63) is 24.3 Å². The van der Waals surface area contributed by atoms with Gasteiger partial charge in [0.2, 0.25) is 15.9 Å². The van der Waals surface area contributed by atoms with Crippen molar-refractivity contribution in [3.8, 4) is 0 Å². The Labute approximate surface area is 124 Å². The quantitative estimate of drug-likeness (QED) is 0.814. The maximum atomic E-state index is 12.1. The molecule has 8 heteroatoms. The number of carbonyl (C=O) groups excluding carboxylic acids is 1. The molecule has 1 heterocycles. The zero-order valence-electron chi connectivity index (χ0n) is 12.0. The largest absolute Gasteiger partial charge is 0.379 e. The lowest BCUT2D eigenvalue weighted by Gasteiger charge is -2.20. The Bertz CT molecular complexity index is 619. The first-order valence-electron chi connectivity index (χ1n) is 6.46. The highest BCUT2D eigenvalue weighted by Gasteiger charge is 2.38. The molecule has 1 aliphatic rings. The molecule has 1 aromatic rings. The molecule has 1 aromatic carbocycles. The van der Waals surface area contributed by atoms with Crippen molar-refractivity contribution in [2.75, 3.05) is 32.6 Å². The molecule has 0 aromatic heterocycles. The Morgan fingerprint density at radius 3 is 2.43 bits per heavy atom. The summed E-state index contributed by atoms with van der Waals surface area (Å²) in [4.78, 5) is 12.2. The number of nitrogens with zero attached hydrogens (tertiary/aromatic N) is 1. The maximum Gasteiger partial charge on any atom is 0.246 e. The van der Waals surface area contributed by atoms with Gasteiger partial charge in [-0.05, 0) is 30.7 Å². The zero-order valence-corrected chi connectivity index (χ0v) is 12.8. The molecule has 1 saturated heterocycles. The summed E-state index contributed by atoms with van der Waals surface area (Å²) >= 11 is 0. The summed E-state index contributed by atoms with van der Waals surface area (Å²) in [6.07, 6.45) is 0.464. The number of hydrogen-bond acceptors (Lipinski definition) is 5. The van der Waals surface area contributed by atoms with Gasteiger partial charge in [-0.1, -0.05) is 0 Å². The lowest BCUT2D eigenvalue weighted by Crippen LogP contribution is -2.51. The van der Waals surface area contributed by atoms with Gasteiger partial charge in [-0.15, -0.1) is 0 Å². The van der Waals surface area contributed by atoms with E-state index in [0.717, 1.165) is 4.31 Å². The number of hydrogen-bond donors (Lipinski definition) is 2. The number of benzene rings is 1. The fraction of sp³-hybridized carbons (Fsp3) is 0.462. The molecule has 0 radical (unpaired) electrons. The Kier molecular flexibility index (Phi) is 4.33. The van der Waals surface area contributed by atoms with Crippen LogP contribution in [0, 0.1) is 0 Å². The topological polar surface area (TPSA) is 102 Å². The minimum Gasteiger partial charge on any atom is -0.379 e. The van der Waals surface area contributed by atoms with Crippen molar-refractivity contribution in [2.24, 2.45) is 5.73 Å². The first kappa shape index (κ1) is 15.9. The van der Waals surface area contributed by atoms with Gasteiger partial charge in [0, 0.05) is 26.4 Å².